The Morgan fingerprint density at radius 2 is 2.27 bits per heavy atom. The molecule has 84 valence electrons. The zero-order valence-electron chi connectivity index (χ0n) is 9.41. The van der Waals surface area contributed by atoms with E-state index in [1.165, 1.54) is 5.56 Å². The second-order valence-electron chi connectivity index (χ2n) is 4.22. The van der Waals surface area contributed by atoms with Crippen molar-refractivity contribution in [1.82, 2.24) is 10.3 Å². The summed E-state index contributed by atoms with van der Waals surface area (Å²) in [5, 5.41) is 3.56. The fourth-order valence-corrected chi connectivity index (χ4v) is 1.94. The molecule has 0 aliphatic heterocycles. The van der Waals surface area contributed by atoms with Gasteiger partial charge in [-0.2, -0.15) is 0 Å². The lowest BCUT2D eigenvalue weighted by Crippen LogP contribution is -2.23. The van der Waals surface area contributed by atoms with Crippen LogP contribution in [-0.2, 0) is 6.54 Å². The van der Waals surface area contributed by atoms with Gasteiger partial charge in [0, 0.05) is 30.9 Å². The highest BCUT2D eigenvalue weighted by Crippen LogP contribution is 2.09. The Hall–Kier alpha value is -0.600. The van der Waals surface area contributed by atoms with Gasteiger partial charge in [-0.1, -0.05) is 19.9 Å². The summed E-state index contributed by atoms with van der Waals surface area (Å²) in [5.74, 6) is 0.660. The third kappa shape index (κ3) is 5.75. The molecule has 0 radical (unpaired) electrons. The number of aromatic nitrogens is 1. The van der Waals surface area contributed by atoms with Crippen LogP contribution in [0.25, 0.3) is 0 Å². The lowest BCUT2D eigenvalue weighted by atomic mass is 10.1. The molecule has 0 aromatic carbocycles. The van der Waals surface area contributed by atoms with Gasteiger partial charge in [-0.15, -0.1) is 11.6 Å². The summed E-state index contributed by atoms with van der Waals surface area (Å²) in [7, 11) is 0. The van der Waals surface area contributed by atoms with Crippen molar-refractivity contribution in [3.05, 3.63) is 30.1 Å². The summed E-state index contributed by atoms with van der Waals surface area (Å²) in [6.45, 7) is 6.08. The largest absolute Gasteiger partial charge is 0.311 e. The van der Waals surface area contributed by atoms with E-state index in [9.17, 15) is 0 Å². The van der Waals surface area contributed by atoms with Crippen LogP contribution in [0.1, 0.15) is 25.8 Å². The zero-order valence-corrected chi connectivity index (χ0v) is 10.2. The van der Waals surface area contributed by atoms with Crippen LogP contribution in [0.2, 0.25) is 0 Å². The molecule has 0 bridgehead atoms. The number of halogens is 1. The Bertz CT molecular complexity index is 262. The Morgan fingerprint density at radius 1 is 1.47 bits per heavy atom. The molecule has 1 heterocycles. The summed E-state index contributed by atoms with van der Waals surface area (Å²) in [5.41, 5.74) is 1.20. The molecule has 0 aliphatic rings. The number of hydrogen-bond acceptors (Lipinski definition) is 2. The lowest BCUT2D eigenvalue weighted by molar-refractivity contribution is 0.533. The van der Waals surface area contributed by atoms with Crippen molar-refractivity contribution in [2.75, 3.05) is 6.54 Å². The molecule has 2 nitrogen and oxygen atoms in total. The van der Waals surface area contributed by atoms with Gasteiger partial charge in [0.15, 0.2) is 0 Å². The van der Waals surface area contributed by atoms with Crippen molar-refractivity contribution in [3.8, 4) is 0 Å². The molecule has 1 rings (SSSR count). The fraction of sp³-hybridized carbons (Fsp3) is 0.583. The van der Waals surface area contributed by atoms with Crippen molar-refractivity contribution in [3.63, 3.8) is 0 Å². The predicted octanol–water partition coefficient (Wildman–Crippen LogP) is 2.82. The number of hydrogen-bond donors (Lipinski definition) is 1. The Kier molecular flexibility index (Phi) is 5.66. The van der Waals surface area contributed by atoms with E-state index in [0.29, 0.717) is 5.92 Å². The summed E-state index contributed by atoms with van der Waals surface area (Å²) in [6, 6.07) is 4.01. The van der Waals surface area contributed by atoms with Gasteiger partial charge in [0.05, 0.1) is 0 Å². The first-order chi connectivity index (χ1) is 7.18. The average Bonchev–Trinajstić information content (AvgIpc) is 2.18. The SMILES string of the molecule is CC(C)CC(Cl)CNCc1cccnc1. The van der Waals surface area contributed by atoms with E-state index in [1.54, 1.807) is 6.20 Å². The third-order valence-corrected chi connectivity index (χ3v) is 2.48. The molecule has 1 atom stereocenters. The van der Waals surface area contributed by atoms with Gasteiger partial charge in [-0.05, 0) is 24.0 Å². The predicted molar refractivity (Wildman–Crippen MR) is 65.0 cm³/mol. The maximum Gasteiger partial charge on any atom is 0.0463 e. The van der Waals surface area contributed by atoms with Crippen molar-refractivity contribution >= 4 is 11.6 Å². The normalized spacial score (nSPS) is 13.1. The Labute approximate surface area is 97.1 Å². The highest BCUT2D eigenvalue weighted by molar-refractivity contribution is 6.20. The highest BCUT2D eigenvalue weighted by atomic mass is 35.5. The van der Waals surface area contributed by atoms with Crippen LogP contribution < -0.4 is 5.32 Å². The Balaban J connectivity index is 2.16. The summed E-state index contributed by atoms with van der Waals surface area (Å²) in [6.07, 6.45) is 4.72. The third-order valence-electron chi connectivity index (χ3n) is 2.14. The minimum atomic E-state index is 0.224. The second kappa shape index (κ2) is 6.81. The molecule has 1 aromatic heterocycles. The highest BCUT2D eigenvalue weighted by Gasteiger charge is 2.06. The van der Waals surface area contributed by atoms with Crippen LogP contribution in [0, 0.1) is 5.92 Å². The molecule has 0 saturated heterocycles. The first-order valence-electron chi connectivity index (χ1n) is 5.42. The zero-order chi connectivity index (χ0) is 11.1. The average molecular weight is 227 g/mol. The number of rotatable bonds is 6. The van der Waals surface area contributed by atoms with E-state index >= 15 is 0 Å². The van der Waals surface area contributed by atoms with E-state index in [-0.39, 0.29) is 5.38 Å². The smallest absolute Gasteiger partial charge is 0.0463 e. The molecule has 15 heavy (non-hydrogen) atoms. The summed E-state index contributed by atoms with van der Waals surface area (Å²) in [4.78, 5) is 4.06. The van der Waals surface area contributed by atoms with Gasteiger partial charge in [-0.25, -0.2) is 0 Å². The topological polar surface area (TPSA) is 24.9 Å². The molecule has 0 saturated carbocycles. The Morgan fingerprint density at radius 3 is 2.87 bits per heavy atom. The summed E-state index contributed by atoms with van der Waals surface area (Å²) >= 11 is 6.16. The van der Waals surface area contributed by atoms with Gasteiger partial charge >= 0.3 is 0 Å². The van der Waals surface area contributed by atoms with Gasteiger partial charge in [0.1, 0.15) is 0 Å². The molecule has 1 aromatic rings. The number of alkyl halides is 1. The monoisotopic (exact) mass is 226 g/mol. The van der Waals surface area contributed by atoms with Gasteiger partial charge in [0.2, 0.25) is 0 Å². The minimum absolute atomic E-state index is 0.224. The maximum atomic E-state index is 6.16. The van der Waals surface area contributed by atoms with Crippen molar-refractivity contribution in [1.29, 1.82) is 0 Å². The molecule has 3 heteroatoms. The van der Waals surface area contributed by atoms with Crippen LogP contribution in [0.4, 0.5) is 0 Å². The molecule has 0 spiro atoms. The van der Waals surface area contributed by atoms with E-state index < -0.39 is 0 Å². The minimum Gasteiger partial charge on any atom is -0.311 e. The first-order valence-corrected chi connectivity index (χ1v) is 5.86. The van der Waals surface area contributed by atoms with Gasteiger partial charge < -0.3 is 5.32 Å². The molecular weight excluding hydrogens is 208 g/mol. The van der Waals surface area contributed by atoms with Gasteiger partial charge in [0.25, 0.3) is 0 Å². The number of pyridine rings is 1. The standard InChI is InChI=1S/C12H19ClN2/c1-10(2)6-12(13)9-15-8-11-4-3-5-14-7-11/h3-5,7,10,12,15H,6,8-9H2,1-2H3. The van der Waals surface area contributed by atoms with Crippen molar-refractivity contribution < 1.29 is 0 Å². The van der Waals surface area contributed by atoms with Crippen LogP contribution >= 0.6 is 11.6 Å². The molecule has 1 N–H and O–H groups in total. The van der Waals surface area contributed by atoms with Crippen molar-refractivity contribution in [2.45, 2.75) is 32.2 Å². The summed E-state index contributed by atoms with van der Waals surface area (Å²) < 4.78 is 0. The van der Waals surface area contributed by atoms with E-state index in [0.717, 1.165) is 19.5 Å². The number of nitrogens with zero attached hydrogens (tertiary/aromatic N) is 1. The van der Waals surface area contributed by atoms with Crippen molar-refractivity contribution in [2.24, 2.45) is 5.92 Å². The van der Waals surface area contributed by atoms with Gasteiger partial charge in [-0.3, -0.25) is 4.98 Å². The van der Waals surface area contributed by atoms with E-state index in [2.05, 4.69) is 30.2 Å². The fourth-order valence-electron chi connectivity index (χ4n) is 1.47. The lowest BCUT2D eigenvalue weighted by Gasteiger charge is -2.12. The molecule has 0 fully saturated rings. The van der Waals surface area contributed by atoms with Crippen LogP contribution in [0.15, 0.2) is 24.5 Å². The second-order valence-corrected chi connectivity index (χ2v) is 4.84. The maximum absolute atomic E-state index is 6.16. The molecular formula is C12H19ClN2. The van der Waals surface area contributed by atoms with E-state index in [1.807, 2.05) is 12.3 Å². The molecule has 1 unspecified atom stereocenters. The van der Waals surface area contributed by atoms with Crippen LogP contribution in [0.5, 0.6) is 0 Å². The van der Waals surface area contributed by atoms with E-state index in [4.69, 9.17) is 11.6 Å². The number of nitrogens with one attached hydrogen (secondary N) is 1. The molecule has 0 amide bonds. The van der Waals surface area contributed by atoms with Crippen LogP contribution in [0.3, 0.4) is 0 Å². The quantitative estimate of drug-likeness (QED) is 0.755. The first kappa shape index (κ1) is 12.5. The van der Waals surface area contributed by atoms with Crippen LogP contribution in [-0.4, -0.2) is 16.9 Å². The molecule has 0 aliphatic carbocycles.